The number of hydroxylamine groups is 2. The number of fused-ring (bicyclic) bond motifs is 1. The second kappa shape index (κ2) is 7.32. The van der Waals surface area contributed by atoms with E-state index in [2.05, 4.69) is 0 Å². The highest BCUT2D eigenvalue weighted by atomic mass is 19.5. The molecule has 0 fully saturated rings. The Labute approximate surface area is 136 Å². The van der Waals surface area contributed by atoms with Crippen LogP contribution in [0.3, 0.4) is 0 Å². The Hall–Kier alpha value is -2.59. The van der Waals surface area contributed by atoms with Gasteiger partial charge in [-0.05, 0) is 12.1 Å². The Morgan fingerprint density at radius 2 is 1.42 bits per heavy atom. The second-order valence-corrected chi connectivity index (χ2v) is 5.11. The van der Waals surface area contributed by atoms with E-state index in [1.807, 2.05) is 0 Å². The summed E-state index contributed by atoms with van der Waals surface area (Å²) in [5, 5.41) is 0.792. The van der Waals surface area contributed by atoms with E-state index >= 15 is 0 Å². The van der Waals surface area contributed by atoms with Crippen molar-refractivity contribution >= 4 is 25.1 Å². The smallest absolute Gasteiger partial charge is 0.418 e. The summed E-state index contributed by atoms with van der Waals surface area (Å²) in [7, 11) is 1.09. The van der Waals surface area contributed by atoms with Gasteiger partial charge in [-0.15, -0.1) is 0 Å². The van der Waals surface area contributed by atoms with Gasteiger partial charge in [-0.3, -0.25) is 14.4 Å². The fraction of sp³-hybridized carbons (Fsp3) is 0.308. The fourth-order valence-electron chi connectivity index (χ4n) is 1.89. The number of amides is 2. The van der Waals surface area contributed by atoms with Crippen molar-refractivity contribution in [3.63, 3.8) is 0 Å². The van der Waals surface area contributed by atoms with E-state index in [-0.39, 0.29) is 0 Å². The molecule has 0 aromatic heterocycles. The molecule has 0 radical (unpaired) electrons. The lowest BCUT2D eigenvalue weighted by Gasteiger charge is -2.16. The highest BCUT2D eigenvalue weighted by Gasteiger charge is 2.39. The molecule has 1 aromatic carbocycles. The molecule has 0 saturated carbocycles. The maximum absolute atomic E-state index is 12.1. The van der Waals surface area contributed by atoms with Gasteiger partial charge in [-0.1, -0.05) is 17.2 Å². The van der Waals surface area contributed by atoms with Crippen LogP contribution in [0.4, 0.5) is 17.3 Å². The molecule has 0 spiro atoms. The van der Waals surface area contributed by atoms with Gasteiger partial charge in [-0.2, -0.15) is 0 Å². The van der Waals surface area contributed by atoms with Crippen LogP contribution in [0.25, 0.3) is 0 Å². The molecule has 0 bridgehead atoms. The maximum Gasteiger partial charge on any atom is 0.673 e. The Bertz CT molecular complexity index is 632. The highest BCUT2D eigenvalue weighted by Crippen LogP contribution is 2.22. The standard InChI is InChI=1S/C13H16N3O3.BF4/c1-14(2)13(15(3)4)19-16-11(17)9-7-5-6-8-10(9)12(16)18;2-1(3,4)5/h5-8H,1-4H3;/q+1;-1. The van der Waals surface area contributed by atoms with Gasteiger partial charge in [-0.25, -0.2) is 9.48 Å². The fourth-order valence-corrected chi connectivity index (χ4v) is 1.89. The first-order valence-corrected chi connectivity index (χ1v) is 6.68. The van der Waals surface area contributed by atoms with Crippen LogP contribution in [0.1, 0.15) is 20.7 Å². The van der Waals surface area contributed by atoms with Crippen molar-refractivity contribution < 1.29 is 36.3 Å². The van der Waals surface area contributed by atoms with Crippen LogP contribution in [-0.4, -0.2) is 67.8 Å². The van der Waals surface area contributed by atoms with Crippen molar-refractivity contribution in [2.75, 3.05) is 28.2 Å². The number of imide groups is 1. The van der Waals surface area contributed by atoms with Crippen molar-refractivity contribution in [1.82, 2.24) is 9.96 Å². The van der Waals surface area contributed by atoms with Gasteiger partial charge < -0.3 is 17.3 Å². The molecule has 6 nitrogen and oxygen atoms in total. The summed E-state index contributed by atoms with van der Waals surface area (Å²) in [5.74, 6) is -0.886. The molecule has 2 amide bonds. The van der Waals surface area contributed by atoms with Crippen molar-refractivity contribution in [2.24, 2.45) is 0 Å². The summed E-state index contributed by atoms with van der Waals surface area (Å²) in [5.41, 5.74) is 0.730. The normalized spacial score (nSPS) is 13.1. The summed E-state index contributed by atoms with van der Waals surface area (Å²) in [4.78, 5) is 31.4. The van der Waals surface area contributed by atoms with Gasteiger partial charge >= 0.3 is 13.3 Å². The number of benzene rings is 1. The minimum atomic E-state index is -6.00. The number of carbonyl (C=O) groups excluding carboxylic acids is 2. The molecule has 0 atom stereocenters. The third-order valence-electron chi connectivity index (χ3n) is 2.69. The zero-order valence-corrected chi connectivity index (χ0v) is 13.5. The summed E-state index contributed by atoms with van der Waals surface area (Å²) in [6, 6.07) is 7.06. The molecule has 2 rings (SSSR count). The molecule has 0 aliphatic carbocycles. The number of amidine groups is 1. The Kier molecular flexibility index (Phi) is 5.94. The molecular weight excluding hydrogens is 333 g/mol. The van der Waals surface area contributed by atoms with Crippen LogP contribution in [0.15, 0.2) is 24.3 Å². The highest BCUT2D eigenvalue weighted by molar-refractivity contribution is 6.50. The van der Waals surface area contributed by atoms with E-state index in [4.69, 9.17) is 4.84 Å². The van der Waals surface area contributed by atoms with Crippen molar-refractivity contribution in [3.05, 3.63) is 35.4 Å². The average Bonchev–Trinajstić information content (AvgIpc) is 2.67. The number of rotatable bonds is 1. The lowest BCUT2D eigenvalue weighted by Crippen LogP contribution is -2.41. The summed E-state index contributed by atoms with van der Waals surface area (Å²) >= 11 is 0. The number of hydrogen-bond donors (Lipinski definition) is 0. The van der Waals surface area contributed by atoms with Gasteiger partial charge in [0.1, 0.15) is 0 Å². The molecule has 1 aliphatic rings. The van der Waals surface area contributed by atoms with E-state index in [9.17, 15) is 26.9 Å². The minimum Gasteiger partial charge on any atom is -0.418 e. The first-order chi connectivity index (χ1) is 10.9. The van der Waals surface area contributed by atoms with Gasteiger partial charge in [0.25, 0.3) is 11.8 Å². The Balaban J connectivity index is 0.000000505. The van der Waals surface area contributed by atoms with Gasteiger partial charge in [0.2, 0.25) is 0 Å². The Morgan fingerprint density at radius 3 is 1.71 bits per heavy atom. The number of hydrogen-bond acceptors (Lipinski definition) is 3. The van der Waals surface area contributed by atoms with Crippen LogP contribution in [-0.2, 0) is 4.84 Å². The zero-order chi connectivity index (χ0) is 18.7. The molecule has 132 valence electrons. The van der Waals surface area contributed by atoms with E-state index in [0.29, 0.717) is 17.1 Å². The third kappa shape index (κ3) is 4.96. The van der Waals surface area contributed by atoms with Crippen LogP contribution < -0.4 is 0 Å². The van der Waals surface area contributed by atoms with E-state index < -0.39 is 19.1 Å². The predicted octanol–water partition coefficient (Wildman–Crippen LogP) is 1.70. The van der Waals surface area contributed by atoms with Crippen molar-refractivity contribution in [3.8, 4) is 0 Å². The van der Waals surface area contributed by atoms with Crippen LogP contribution in [0, 0.1) is 0 Å². The van der Waals surface area contributed by atoms with Gasteiger partial charge in [0.05, 0.1) is 39.3 Å². The quantitative estimate of drug-likeness (QED) is 0.193. The van der Waals surface area contributed by atoms with Crippen molar-refractivity contribution in [2.45, 2.75) is 0 Å². The van der Waals surface area contributed by atoms with Crippen LogP contribution >= 0.6 is 0 Å². The third-order valence-corrected chi connectivity index (χ3v) is 2.69. The molecule has 0 N–H and O–H groups in total. The lowest BCUT2D eigenvalue weighted by molar-refractivity contribution is -0.484. The topological polar surface area (TPSA) is 52.9 Å². The zero-order valence-electron chi connectivity index (χ0n) is 13.5. The average molecular weight is 349 g/mol. The second-order valence-electron chi connectivity index (χ2n) is 5.11. The summed E-state index contributed by atoms with van der Waals surface area (Å²) in [6.45, 7) is 0. The van der Waals surface area contributed by atoms with E-state index in [1.165, 1.54) is 0 Å². The monoisotopic (exact) mass is 349 g/mol. The minimum absolute atomic E-state index is 0.365. The number of halogens is 4. The Morgan fingerprint density at radius 1 is 1.04 bits per heavy atom. The first kappa shape index (κ1) is 19.5. The van der Waals surface area contributed by atoms with E-state index in [0.717, 1.165) is 5.06 Å². The molecule has 1 heterocycles. The maximum atomic E-state index is 12.1. The summed E-state index contributed by atoms with van der Waals surface area (Å²) in [6.07, 6.45) is 0. The molecule has 24 heavy (non-hydrogen) atoms. The number of nitrogens with zero attached hydrogens (tertiary/aromatic N) is 3. The largest absolute Gasteiger partial charge is 0.673 e. The predicted molar refractivity (Wildman–Crippen MR) is 79.0 cm³/mol. The first-order valence-electron chi connectivity index (χ1n) is 6.68. The molecular formula is C13H16BF4N3O3. The SMILES string of the molecule is CN(C)C(ON1C(=O)c2ccccc2C1=O)=[N+](C)C.F[B-](F)(F)F. The van der Waals surface area contributed by atoms with Crippen molar-refractivity contribution in [1.29, 1.82) is 0 Å². The van der Waals surface area contributed by atoms with Gasteiger partial charge in [0, 0.05) is 0 Å². The van der Waals surface area contributed by atoms with E-state index in [1.54, 1.807) is 61.9 Å². The molecule has 0 saturated heterocycles. The van der Waals surface area contributed by atoms with Crippen LogP contribution in [0.5, 0.6) is 0 Å². The lowest BCUT2D eigenvalue weighted by atomic mass is 10.1. The molecule has 1 aromatic rings. The molecule has 1 aliphatic heterocycles. The van der Waals surface area contributed by atoms with Crippen LogP contribution in [0.2, 0.25) is 0 Å². The number of carbonyl (C=O) groups is 2. The molecule has 0 unspecified atom stereocenters. The summed E-state index contributed by atoms with van der Waals surface area (Å²) < 4.78 is 40.7. The van der Waals surface area contributed by atoms with Gasteiger partial charge in [0.15, 0.2) is 0 Å². The molecule has 11 heteroatoms.